The van der Waals surface area contributed by atoms with Gasteiger partial charge in [0, 0.05) is 6.54 Å². The summed E-state index contributed by atoms with van der Waals surface area (Å²) in [6.45, 7) is 0.280. The molecular formula is C15H22N2O2. The third-order valence-corrected chi connectivity index (χ3v) is 4.01. The maximum Gasteiger partial charge on any atom is 0.229 e. The smallest absolute Gasteiger partial charge is 0.229 e. The Balaban J connectivity index is 2.09. The summed E-state index contributed by atoms with van der Waals surface area (Å²) in [6, 6.07) is 9.56. The molecule has 1 aromatic carbocycles. The first kappa shape index (κ1) is 14.0. The van der Waals surface area contributed by atoms with Gasteiger partial charge in [0.2, 0.25) is 5.91 Å². The van der Waals surface area contributed by atoms with Gasteiger partial charge in [-0.05, 0) is 18.4 Å². The first-order chi connectivity index (χ1) is 9.21. The molecule has 1 fully saturated rings. The standard InChI is InChI=1S/C15H22N2O2/c16-10-13(12-6-2-1-3-7-12)14(19)17-15(11-18)8-4-5-9-15/h1-3,6-7,13,18H,4-5,8-11,16H2,(H,17,19). The molecule has 0 aliphatic heterocycles. The van der Waals surface area contributed by atoms with E-state index in [1.54, 1.807) is 0 Å². The lowest BCUT2D eigenvalue weighted by molar-refractivity contribution is -0.124. The Morgan fingerprint density at radius 1 is 1.32 bits per heavy atom. The van der Waals surface area contributed by atoms with Crippen LogP contribution in [0.3, 0.4) is 0 Å². The van der Waals surface area contributed by atoms with E-state index in [-0.39, 0.29) is 25.0 Å². The molecule has 1 aliphatic carbocycles. The van der Waals surface area contributed by atoms with Gasteiger partial charge in [0.25, 0.3) is 0 Å². The van der Waals surface area contributed by atoms with Crippen LogP contribution in [0.25, 0.3) is 0 Å². The molecule has 4 N–H and O–H groups in total. The lowest BCUT2D eigenvalue weighted by Gasteiger charge is -2.30. The molecule has 1 saturated carbocycles. The lowest BCUT2D eigenvalue weighted by atomic mass is 9.94. The van der Waals surface area contributed by atoms with Gasteiger partial charge in [0.1, 0.15) is 0 Å². The Kier molecular flexibility index (Phi) is 4.56. The second-order valence-corrected chi connectivity index (χ2v) is 5.33. The average Bonchev–Trinajstić information content (AvgIpc) is 2.90. The van der Waals surface area contributed by atoms with Gasteiger partial charge in [-0.15, -0.1) is 0 Å². The van der Waals surface area contributed by atoms with Crippen LogP contribution in [-0.2, 0) is 4.79 Å². The SMILES string of the molecule is NCC(C(=O)NC1(CO)CCCC1)c1ccccc1. The van der Waals surface area contributed by atoms with Crippen LogP contribution in [0.15, 0.2) is 30.3 Å². The summed E-state index contributed by atoms with van der Waals surface area (Å²) in [5, 5.41) is 12.6. The number of carbonyl (C=O) groups excluding carboxylic acids is 1. The summed E-state index contributed by atoms with van der Waals surface area (Å²) in [6.07, 6.45) is 3.81. The second-order valence-electron chi connectivity index (χ2n) is 5.33. The predicted molar refractivity (Wildman–Crippen MR) is 74.7 cm³/mol. The molecule has 4 nitrogen and oxygen atoms in total. The molecule has 0 heterocycles. The van der Waals surface area contributed by atoms with Crippen LogP contribution in [0.5, 0.6) is 0 Å². The molecule has 1 aliphatic rings. The van der Waals surface area contributed by atoms with Gasteiger partial charge < -0.3 is 16.2 Å². The van der Waals surface area contributed by atoms with Gasteiger partial charge in [-0.1, -0.05) is 43.2 Å². The van der Waals surface area contributed by atoms with E-state index in [0.717, 1.165) is 31.2 Å². The molecule has 104 valence electrons. The van der Waals surface area contributed by atoms with Crippen molar-refractivity contribution in [1.82, 2.24) is 5.32 Å². The van der Waals surface area contributed by atoms with Crippen molar-refractivity contribution < 1.29 is 9.90 Å². The molecule has 19 heavy (non-hydrogen) atoms. The van der Waals surface area contributed by atoms with E-state index in [2.05, 4.69) is 5.32 Å². The highest BCUT2D eigenvalue weighted by atomic mass is 16.3. The Morgan fingerprint density at radius 3 is 2.47 bits per heavy atom. The molecule has 0 saturated heterocycles. The van der Waals surface area contributed by atoms with E-state index < -0.39 is 5.54 Å². The first-order valence-corrected chi connectivity index (χ1v) is 6.89. The van der Waals surface area contributed by atoms with E-state index in [0.29, 0.717) is 0 Å². The Bertz CT molecular complexity index is 413. The van der Waals surface area contributed by atoms with Gasteiger partial charge in [-0.3, -0.25) is 4.79 Å². The predicted octanol–water partition coefficient (Wildman–Crippen LogP) is 1.15. The van der Waals surface area contributed by atoms with Gasteiger partial charge in [0.05, 0.1) is 18.1 Å². The summed E-state index contributed by atoms with van der Waals surface area (Å²) in [7, 11) is 0. The lowest BCUT2D eigenvalue weighted by Crippen LogP contribution is -2.51. The quantitative estimate of drug-likeness (QED) is 0.745. The van der Waals surface area contributed by atoms with Crippen molar-refractivity contribution in [2.45, 2.75) is 37.1 Å². The van der Waals surface area contributed by atoms with Crippen molar-refractivity contribution in [3.8, 4) is 0 Å². The Hall–Kier alpha value is -1.39. The van der Waals surface area contributed by atoms with E-state index >= 15 is 0 Å². The summed E-state index contributed by atoms with van der Waals surface area (Å²) in [5.41, 5.74) is 6.23. The maximum atomic E-state index is 12.4. The number of nitrogens with two attached hydrogens (primary N) is 1. The number of aliphatic hydroxyl groups is 1. The van der Waals surface area contributed by atoms with E-state index in [1.807, 2.05) is 30.3 Å². The molecule has 0 bridgehead atoms. The highest BCUT2D eigenvalue weighted by molar-refractivity contribution is 5.84. The van der Waals surface area contributed by atoms with Crippen molar-refractivity contribution in [2.24, 2.45) is 5.73 Å². The summed E-state index contributed by atoms with van der Waals surface area (Å²) in [5.74, 6) is -0.421. The Morgan fingerprint density at radius 2 is 1.95 bits per heavy atom. The molecule has 1 amide bonds. The molecule has 0 aromatic heterocycles. The fourth-order valence-electron chi connectivity index (χ4n) is 2.80. The molecule has 1 atom stereocenters. The molecule has 1 aromatic rings. The van der Waals surface area contributed by atoms with Crippen molar-refractivity contribution in [1.29, 1.82) is 0 Å². The third kappa shape index (κ3) is 3.14. The molecular weight excluding hydrogens is 240 g/mol. The summed E-state index contributed by atoms with van der Waals surface area (Å²) < 4.78 is 0. The van der Waals surface area contributed by atoms with Gasteiger partial charge >= 0.3 is 0 Å². The van der Waals surface area contributed by atoms with Gasteiger partial charge in [-0.25, -0.2) is 0 Å². The van der Waals surface area contributed by atoms with Crippen LogP contribution < -0.4 is 11.1 Å². The van der Waals surface area contributed by atoms with Crippen molar-refractivity contribution in [2.75, 3.05) is 13.2 Å². The summed E-state index contributed by atoms with van der Waals surface area (Å²) in [4.78, 5) is 12.4. The largest absolute Gasteiger partial charge is 0.394 e. The second kappa shape index (κ2) is 6.17. The first-order valence-electron chi connectivity index (χ1n) is 6.89. The van der Waals surface area contributed by atoms with Gasteiger partial charge in [0.15, 0.2) is 0 Å². The fourth-order valence-corrected chi connectivity index (χ4v) is 2.80. The number of carbonyl (C=O) groups is 1. The van der Waals surface area contributed by atoms with Crippen molar-refractivity contribution in [3.63, 3.8) is 0 Å². The number of amides is 1. The maximum absolute atomic E-state index is 12.4. The zero-order valence-corrected chi connectivity index (χ0v) is 11.1. The molecule has 4 heteroatoms. The minimum Gasteiger partial charge on any atom is -0.394 e. The zero-order chi connectivity index (χ0) is 13.7. The highest BCUT2D eigenvalue weighted by Crippen LogP contribution is 2.30. The van der Waals surface area contributed by atoms with Crippen LogP contribution in [-0.4, -0.2) is 29.7 Å². The molecule has 0 radical (unpaired) electrons. The average molecular weight is 262 g/mol. The fraction of sp³-hybridized carbons (Fsp3) is 0.533. The van der Waals surface area contributed by atoms with E-state index in [9.17, 15) is 9.90 Å². The summed E-state index contributed by atoms with van der Waals surface area (Å²) >= 11 is 0. The normalized spacial score (nSPS) is 19.1. The highest BCUT2D eigenvalue weighted by Gasteiger charge is 2.36. The zero-order valence-electron chi connectivity index (χ0n) is 11.1. The van der Waals surface area contributed by atoms with Crippen molar-refractivity contribution >= 4 is 5.91 Å². The van der Waals surface area contributed by atoms with E-state index in [1.165, 1.54) is 0 Å². The number of nitrogens with one attached hydrogen (secondary N) is 1. The molecule has 2 rings (SSSR count). The molecule has 0 spiro atoms. The molecule has 1 unspecified atom stereocenters. The topological polar surface area (TPSA) is 75.4 Å². The number of rotatable bonds is 5. The van der Waals surface area contributed by atoms with Crippen LogP contribution in [0.1, 0.15) is 37.2 Å². The number of benzene rings is 1. The van der Waals surface area contributed by atoms with Crippen LogP contribution in [0.2, 0.25) is 0 Å². The van der Waals surface area contributed by atoms with E-state index in [4.69, 9.17) is 5.73 Å². The number of aliphatic hydroxyl groups excluding tert-OH is 1. The minimum absolute atomic E-state index is 0.00478. The van der Waals surface area contributed by atoms with Gasteiger partial charge in [-0.2, -0.15) is 0 Å². The minimum atomic E-state index is -0.431. The van der Waals surface area contributed by atoms with Crippen LogP contribution in [0, 0.1) is 0 Å². The number of hydrogen-bond donors (Lipinski definition) is 3. The Labute approximate surface area is 114 Å². The van der Waals surface area contributed by atoms with Crippen LogP contribution in [0.4, 0.5) is 0 Å². The third-order valence-electron chi connectivity index (χ3n) is 4.01. The van der Waals surface area contributed by atoms with Crippen LogP contribution >= 0.6 is 0 Å². The number of hydrogen-bond acceptors (Lipinski definition) is 3. The monoisotopic (exact) mass is 262 g/mol. The van der Waals surface area contributed by atoms with Crippen molar-refractivity contribution in [3.05, 3.63) is 35.9 Å².